The highest BCUT2D eigenvalue weighted by Gasteiger charge is 2.22. The van der Waals surface area contributed by atoms with Gasteiger partial charge in [0.2, 0.25) is 0 Å². The first-order valence-electron chi connectivity index (χ1n) is 6.31. The monoisotopic (exact) mass is 265 g/mol. The van der Waals surface area contributed by atoms with Crippen LogP contribution in [0.4, 0.5) is 0 Å². The quantitative estimate of drug-likeness (QED) is 0.629. The molecule has 0 radical (unpaired) electrons. The first-order chi connectivity index (χ1) is 9.74. The smallest absolute Gasteiger partial charge is 0.261 e. The van der Waals surface area contributed by atoms with Gasteiger partial charge in [0.25, 0.3) is 11.8 Å². The van der Waals surface area contributed by atoms with Crippen molar-refractivity contribution >= 4 is 11.8 Å². The van der Waals surface area contributed by atoms with Crippen molar-refractivity contribution in [1.82, 2.24) is 4.90 Å². The van der Waals surface area contributed by atoms with Crippen molar-refractivity contribution in [3.8, 4) is 0 Å². The summed E-state index contributed by atoms with van der Waals surface area (Å²) in [6.07, 6.45) is 1.54. The molecule has 0 aliphatic heterocycles. The average molecular weight is 265 g/mol. The van der Waals surface area contributed by atoms with Gasteiger partial charge in [-0.25, -0.2) is 0 Å². The molecule has 0 saturated heterocycles. The van der Waals surface area contributed by atoms with Crippen LogP contribution in [0.2, 0.25) is 0 Å². The normalized spacial score (nSPS) is 9.80. The zero-order chi connectivity index (χ0) is 14.4. The van der Waals surface area contributed by atoms with Gasteiger partial charge < -0.3 is 0 Å². The van der Waals surface area contributed by atoms with Crippen LogP contribution in [0.15, 0.2) is 73.3 Å². The van der Waals surface area contributed by atoms with E-state index < -0.39 is 0 Å². The number of rotatable bonds is 4. The van der Waals surface area contributed by atoms with E-state index in [0.29, 0.717) is 11.1 Å². The number of carbonyl (C=O) groups is 2. The van der Waals surface area contributed by atoms with Gasteiger partial charge in [0, 0.05) is 17.7 Å². The Hall–Kier alpha value is -2.68. The Morgan fingerprint density at radius 3 is 1.60 bits per heavy atom. The first-order valence-corrected chi connectivity index (χ1v) is 6.31. The number of benzene rings is 2. The van der Waals surface area contributed by atoms with Crippen LogP contribution >= 0.6 is 0 Å². The molecule has 0 heterocycles. The fourth-order valence-corrected chi connectivity index (χ4v) is 1.86. The van der Waals surface area contributed by atoms with Crippen LogP contribution < -0.4 is 0 Å². The molecule has 0 atom stereocenters. The predicted molar refractivity (Wildman–Crippen MR) is 78.4 cm³/mol. The summed E-state index contributed by atoms with van der Waals surface area (Å²) in [5.41, 5.74) is 0.970. The lowest BCUT2D eigenvalue weighted by atomic mass is 10.1. The zero-order valence-electron chi connectivity index (χ0n) is 11.0. The first kappa shape index (κ1) is 13.7. The van der Waals surface area contributed by atoms with Gasteiger partial charge in [-0.1, -0.05) is 42.5 Å². The average Bonchev–Trinajstić information content (AvgIpc) is 2.53. The maximum atomic E-state index is 12.4. The molecule has 0 saturated carbocycles. The van der Waals surface area contributed by atoms with Gasteiger partial charge >= 0.3 is 0 Å². The number of amides is 2. The summed E-state index contributed by atoms with van der Waals surface area (Å²) in [5.74, 6) is -0.640. The Balaban J connectivity index is 2.30. The molecule has 0 spiro atoms. The molecular formula is C17H15NO2. The summed E-state index contributed by atoms with van der Waals surface area (Å²) in [7, 11) is 0. The number of hydrogen-bond donors (Lipinski definition) is 0. The second kappa shape index (κ2) is 6.48. The summed E-state index contributed by atoms with van der Waals surface area (Å²) in [6, 6.07) is 17.5. The highest BCUT2D eigenvalue weighted by Crippen LogP contribution is 2.10. The molecule has 0 aliphatic carbocycles. The minimum absolute atomic E-state index is 0.182. The molecule has 100 valence electrons. The standard InChI is InChI=1S/C17H15NO2/c1-2-13-18(16(19)14-9-5-3-6-10-14)17(20)15-11-7-4-8-12-15/h2-12H,1,13H2. The van der Waals surface area contributed by atoms with Crippen LogP contribution in [0.25, 0.3) is 0 Å². The van der Waals surface area contributed by atoms with E-state index in [1.807, 2.05) is 12.1 Å². The van der Waals surface area contributed by atoms with Crippen LogP contribution in [0.3, 0.4) is 0 Å². The third-order valence-electron chi connectivity index (χ3n) is 2.84. The second-order valence-electron chi connectivity index (χ2n) is 4.24. The van der Waals surface area contributed by atoms with Gasteiger partial charge in [0.1, 0.15) is 0 Å². The minimum atomic E-state index is -0.320. The molecule has 20 heavy (non-hydrogen) atoms. The van der Waals surface area contributed by atoms with Crippen LogP contribution in [-0.2, 0) is 0 Å². The van der Waals surface area contributed by atoms with Crippen molar-refractivity contribution in [3.63, 3.8) is 0 Å². The molecule has 2 rings (SSSR count). The van der Waals surface area contributed by atoms with Gasteiger partial charge in [0.05, 0.1) is 0 Å². The van der Waals surface area contributed by atoms with E-state index in [4.69, 9.17) is 0 Å². The summed E-state index contributed by atoms with van der Waals surface area (Å²) < 4.78 is 0. The maximum Gasteiger partial charge on any atom is 0.261 e. The SMILES string of the molecule is C=CCN(C(=O)c1ccccc1)C(=O)c1ccccc1. The van der Waals surface area contributed by atoms with Gasteiger partial charge in [-0.2, -0.15) is 0 Å². The lowest BCUT2D eigenvalue weighted by Gasteiger charge is -2.19. The number of nitrogens with zero attached hydrogens (tertiary/aromatic N) is 1. The topological polar surface area (TPSA) is 37.4 Å². The summed E-state index contributed by atoms with van der Waals surface area (Å²) in [6.45, 7) is 3.79. The van der Waals surface area contributed by atoms with Crippen LogP contribution in [-0.4, -0.2) is 23.3 Å². The minimum Gasteiger partial charge on any atom is -0.271 e. The van der Waals surface area contributed by atoms with E-state index in [2.05, 4.69) is 6.58 Å². The predicted octanol–water partition coefficient (Wildman–Crippen LogP) is 3.16. The molecule has 0 fully saturated rings. The molecule has 3 heteroatoms. The molecule has 3 nitrogen and oxygen atoms in total. The van der Waals surface area contributed by atoms with Crippen molar-refractivity contribution in [2.45, 2.75) is 0 Å². The Morgan fingerprint density at radius 1 is 0.850 bits per heavy atom. The fourth-order valence-electron chi connectivity index (χ4n) is 1.86. The van der Waals surface area contributed by atoms with Crippen LogP contribution in [0.5, 0.6) is 0 Å². The molecule has 0 bridgehead atoms. The molecule has 0 N–H and O–H groups in total. The zero-order valence-corrected chi connectivity index (χ0v) is 11.0. The molecular weight excluding hydrogens is 250 g/mol. The largest absolute Gasteiger partial charge is 0.271 e. The van der Waals surface area contributed by atoms with Crippen LogP contribution in [0, 0.1) is 0 Å². The van der Waals surface area contributed by atoms with E-state index in [0.717, 1.165) is 0 Å². The molecule has 0 unspecified atom stereocenters. The Morgan fingerprint density at radius 2 is 1.25 bits per heavy atom. The van der Waals surface area contributed by atoms with E-state index in [9.17, 15) is 9.59 Å². The van der Waals surface area contributed by atoms with Crippen molar-refractivity contribution < 1.29 is 9.59 Å². The van der Waals surface area contributed by atoms with Crippen molar-refractivity contribution in [3.05, 3.63) is 84.4 Å². The Kier molecular flexibility index (Phi) is 4.45. The summed E-state index contributed by atoms with van der Waals surface area (Å²) in [4.78, 5) is 26.0. The third-order valence-corrected chi connectivity index (χ3v) is 2.84. The number of hydrogen-bond acceptors (Lipinski definition) is 2. The van der Waals surface area contributed by atoms with E-state index in [1.54, 1.807) is 54.6 Å². The van der Waals surface area contributed by atoms with Gasteiger partial charge in [-0.3, -0.25) is 14.5 Å². The molecule has 0 aromatic heterocycles. The maximum absolute atomic E-state index is 12.4. The Bertz CT molecular complexity index is 554. The highest BCUT2D eigenvalue weighted by molar-refractivity contribution is 6.10. The summed E-state index contributed by atoms with van der Waals surface area (Å²) in [5, 5.41) is 0. The third kappa shape index (κ3) is 3.01. The van der Waals surface area contributed by atoms with Gasteiger partial charge in [0.15, 0.2) is 0 Å². The van der Waals surface area contributed by atoms with Crippen molar-refractivity contribution in [2.75, 3.05) is 6.54 Å². The molecule has 2 aromatic rings. The molecule has 2 aromatic carbocycles. The van der Waals surface area contributed by atoms with E-state index in [-0.39, 0.29) is 18.4 Å². The Labute approximate surface area is 118 Å². The van der Waals surface area contributed by atoms with Crippen molar-refractivity contribution in [2.24, 2.45) is 0 Å². The van der Waals surface area contributed by atoms with E-state index in [1.165, 1.54) is 4.90 Å². The second-order valence-corrected chi connectivity index (χ2v) is 4.24. The molecule has 0 aliphatic rings. The van der Waals surface area contributed by atoms with Crippen LogP contribution in [0.1, 0.15) is 20.7 Å². The van der Waals surface area contributed by atoms with Gasteiger partial charge in [-0.05, 0) is 24.3 Å². The number of carbonyl (C=O) groups excluding carboxylic acids is 2. The lowest BCUT2D eigenvalue weighted by molar-refractivity contribution is 0.0634. The molecule has 2 amide bonds. The summed E-state index contributed by atoms with van der Waals surface area (Å²) >= 11 is 0. The number of imide groups is 1. The van der Waals surface area contributed by atoms with Crippen molar-refractivity contribution in [1.29, 1.82) is 0 Å². The van der Waals surface area contributed by atoms with Gasteiger partial charge in [-0.15, -0.1) is 6.58 Å². The fraction of sp³-hybridized carbons (Fsp3) is 0.0588. The highest BCUT2D eigenvalue weighted by atomic mass is 16.2. The van der Waals surface area contributed by atoms with E-state index >= 15 is 0 Å². The lowest BCUT2D eigenvalue weighted by Crippen LogP contribution is -2.37.